The van der Waals surface area contributed by atoms with Crippen molar-refractivity contribution in [2.24, 2.45) is 0 Å². The summed E-state index contributed by atoms with van der Waals surface area (Å²) in [6, 6.07) is 14.4. The Balaban J connectivity index is 1.60. The van der Waals surface area contributed by atoms with Gasteiger partial charge in [0.05, 0.1) is 0 Å². The van der Waals surface area contributed by atoms with Crippen LogP contribution in [-0.2, 0) is 0 Å². The number of hydrogen-bond donors (Lipinski definition) is 0. The molecule has 0 N–H and O–H groups in total. The van der Waals surface area contributed by atoms with Crippen LogP contribution in [0.5, 0.6) is 11.5 Å². The summed E-state index contributed by atoms with van der Waals surface area (Å²) in [6.45, 7) is 0.453. The van der Waals surface area contributed by atoms with Gasteiger partial charge in [-0.25, -0.2) is 9.18 Å². The van der Waals surface area contributed by atoms with Gasteiger partial charge in [0, 0.05) is 17.5 Å². The molecular formula is C17H13FO4. The molecule has 0 aliphatic rings. The summed E-state index contributed by atoms with van der Waals surface area (Å²) in [7, 11) is 0. The van der Waals surface area contributed by atoms with Crippen molar-refractivity contribution >= 4 is 11.0 Å². The summed E-state index contributed by atoms with van der Waals surface area (Å²) in [5, 5.41) is 0.814. The molecule has 0 aliphatic heterocycles. The van der Waals surface area contributed by atoms with Crippen LogP contribution in [0.2, 0.25) is 0 Å². The van der Waals surface area contributed by atoms with Crippen LogP contribution in [0.3, 0.4) is 0 Å². The summed E-state index contributed by atoms with van der Waals surface area (Å²) in [6.07, 6.45) is 0. The number of halogens is 1. The van der Waals surface area contributed by atoms with Crippen LogP contribution < -0.4 is 15.1 Å². The average molecular weight is 300 g/mol. The lowest BCUT2D eigenvalue weighted by Crippen LogP contribution is -2.09. The maximum atomic E-state index is 13.3. The quantitative estimate of drug-likeness (QED) is 0.535. The normalized spacial score (nSPS) is 10.6. The topological polar surface area (TPSA) is 48.7 Å². The van der Waals surface area contributed by atoms with Crippen molar-refractivity contribution < 1.29 is 18.3 Å². The molecule has 3 rings (SSSR count). The molecule has 0 aliphatic carbocycles. The molecule has 3 aromatic rings. The summed E-state index contributed by atoms with van der Waals surface area (Å²) < 4.78 is 29.2. The van der Waals surface area contributed by atoms with Gasteiger partial charge in [-0.1, -0.05) is 12.1 Å². The van der Waals surface area contributed by atoms with Crippen molar-refractivity contribution in [3.63, 3.8) is 0 Å². The first-order chi connectivity index (χ1) is 10.7. The lowest BCUT2D eigenvalue weighted by atomic mass is 10.2. The highest BCUT2D eigenvalue weighted by atomic mass is 19.1. The SMILES string of the molecule is O=c1ccc2ccc(OCCOc3ccccc3F)cc2o1. The van der Waals surface area contributed by atoms with Crippen LogP contribution >= 0.6 is 0 Å². The van der Waals surface area contributed by atoms with E-state index in [2.05, 4.69) is 0 Å². The molecule has 5 heteroatoms. The molecule has 0 atom stereocenters. The fourth-order valence-electron chi connectivity index (χ4n) is 2.00. The molecule has 22 heavy (non-hydrogen) atoms. The Morgan fingerprint density at radius 3 is 2.59 bits per heavy atom. The van der Waals surface area contributed by atoms with Gasteiger partial charge in [0.15, 0.2) is 11.6 Å². The van der Waals surface area contributed by atoms with Gasteiger partial charge in [-0.15, -0.1) is 0 Å². The van der Waals surface area contributed by atoms with Crippen LogP contribution in [0.15, 0.2) is 63.8 Å². The second-order valence-electron chi connectivity index (χ2n) is 4.58. The molecule has 0 radical (unpaired) electrons. The lowest BCUT2D eigenvalue weighted by molar-refractivity contribution is 0.211. The van der Waals surface area contributed by atoms with Gasteiger partial charge in [-0.05, 0) is 30.3 Å². The van der Waals surface area contributed by atoms with E-state index in [0.717, 1.165) is 5.39 Å². The Hall–Kier alpha value is -2.82. The van der Waals surface area contributed by atoms with Crippen molar-refractivity contribution in [1.82, 2.24) is 0 Å². The van der Waals surface area contributed by atoms with Crippen LogP contribution in [0, 0.1) is 5.82 Å². The molecular weight excluding hydrogens is 287 g/mol. The molecule has 112 valence electrons. The molecule has 0 saturated heterocycles. The van der Waals surface area contributed by atoms with Crippen molar-refractivity contribution in [2.75, 3.05) is 13.2 Å². The highest BCUT2D eigenvalue weighted by Gasteiger charge is 2.03. The zero-order valence-electron chi connectivity index (χ0n) is 11.6. The van der Waals surface area contributed by atoms with Crippen LogP contribution in [0.4, 0.5) is 4.39 Å². The standard InChI is InChI=1S/C17H13FO4/c18-14-3-1-2-4-15(14)21-10-9-20-13-7-5-12-6-8-17(19)22-16(12)11-13/h1-8,11H,9-10H2. The predicted octanol–water partition coefficient (Wildman–Crippen LogP) is 3.39. The van der Waals surface area contributed by atoms with E-state index in [1.807, 2.05) is 0 Å². The number of para-hydroxylation sites is 1. The van der Waals surface area contributed by atoms with Gasteiger partial charge in [-0.2, -0.15) is 0 Å². The monoisotopic (exact) mass is 300 g/mol. The second kappa shape index (κ2) is 6.30. The second-order valence-corrected chi connectivity index (χ2v) is 4.58. The molecule has 0 bridgehead atoms. The van der Waals surface area contributed by atoms with E-state index in [1.165, 1.54) is 12.1 Å². The average Bonchev–Trinajstić information content (AvgIpc) is 2.52. The van der Waals surface area contributed by atoms with E-state index in [9.17, 15) is 9.18 Å². The van der Waals surface area contributed by atoms with E-state index in [0.29, 0.717) is 11.3 Å². The summed E-state index contributed by atoms with van der Waals surface area (Å²) in [5.74, 6) is 0.338. The van der Waals surface area contributed by atoms with Crippen molar-refractivity contribution in [3.8, 4) is 11.5 Å². The maximum absolute atomic E-state index is 13.3. The minimum absolute atomic E-state index is 0.190. The lowest BCUT2D eigenvalue weighted by Gasteiger charge is -2.09. The van der Waals surface area contributed by atoms with Crippen LogP contribution in [-0.4, -0.2) is 13.2 Å². The first-order valence-electron chi connectivity index (χ1n) is 6.76. The summed E-state index contributed by atoms with van der Waals surface area (Å²) in [5.41, 5.74) is 0.0487. The Morgan fingerprint density at radius 1 is 0.955 bits per heavy atom. The maximum Gasteiger partial charge on any atom is 0.336 e. The molecule has 0 saturated carbocycles. The van der Waals surface area contributed by atoms with E-state index in [1.54, 1.807) is 42.5 Å². The molecule has 0 fully saturated rings. The van der Waals surface area contributed by atoms with Crippen LogP contribution in [0.1, 0.15) is 0 Å². The number of hydrogen-bond acceptors (Lipinski definition) is 4. The summed E-state index contributed by atoms with van der Waals surface area (Å²) >= 11 is 0. The third-order valence-electron chi connectivity index (χ3n) is 3.04. The molecule has 2 aromatic carbocycles. The van der Waals surface area contributed by atoms with Gasteiger partial charge < -0.3 is 13.9 Å². The Labute approximate surface area is 125 Å². The van der Waals surface area contributed by atoms with Crippen molar-refractivity contribution in [3.05, 3.63) is 70.8 Å². The molecule has 0 amide bonds. The highest BCUT2D eigenvalue weighted by Crippen LogP contribution is 2.19. The van der Waals surface area contributed by atoms with Gasteiger partial charge in [0.1, 0.15) is 24.5 Å². The molecule has 0 unspecified atom stereocenters. The minimum Gasteiger partial charge on any atom is -0.490 e. The fraction of sp³-hybridized carbons (Fsp3) is 0.118. The van der Waals surface area contributed by atoms with Crippen molar-refractivity contribution in [2.45, 2.75) is 0 Å². The van der Waals surface area contributed by atoms with E-state index >= 15 is 0 Å². The predicted molar refractivity (Wildman–Crippen MR) is 79.9 cm³/mol. The van der Waals surface area contributed by atoms with E-state index < -0.39 is 11.4 Å². The minimum atomic E-state index is -0.410. The summed E-state index contributed by atoms with van der Waals surface area (Å²) in [4.78, 5) is 11.2. The first-order valence-corrected chi connectivity index (χ1v) is 6.76. The van der Waals surface area contributed by atoms with E-state index in [-0.39, 0.29) is 19.0 Å². The Morgan fingerprint density at radius 2 is 1.73 bits per heavy atom. The Kier molecular flexibility index (Phi) is 4.05. The first kappa shape index (κ1) is 14.1. The third-order valence-corrected chi connectivity index (χ3v) is 3.04. The van der Waals surface area contributed by atoms with Gasteiger partial charge in [0.25, 0.3) is 0 Å². The third kappa shape index (κ3) is 3.25. The number of ether oxygens (including phenoxy) is 2. The molecule has 1 aromatic heterocycles. The van der Waals surface area contributed by atoms with Crippen molar-refractivity contribution in [1.29, 1.82) is 0 Å². The molecule has 0 spiro atoms. The van der Waals surface area contributed by atoms with Gasteiger partial charge in [0.2, 0.25) is 0 Å². The van der Waals surface area contributed by atoms with Gasteiger partial charge in [-0.3, -0.25) is 0 Å². The number of fused-ring (bicyclic) bond motifs is 1. The molecule has 4 nitrogen and oxygen atoms in total. The number of benzene rings is 2. The zero-order chi connectivity index (χ0) is 15.4. The van der Waals surface area contributed by atoms with E-state index in [4.69, 9.17) is 13.9 Å². The fourth-order valence-corrected chi connectivity index (χ4v) is 2.00. The number of rotatable bonds is 5. The Bertz CT molecular complexity index is 841. The van der Waals surface area contributed by atoms with Crippen LogP contribution in [0.25, 0.3) is 11.0 Å². The zero-order valence-corrected chi connectivity index (χ0v) is 11.6. The smallest absolute Gasteiger partial charge is 0.336 e. The highest BCUT2D eigenvalue weighted by molar-refractivity contribution is 5.77. The largest absolute Gasteiger partial charge is 0.490 e. The molecule has 1 heterocycles. The van der Waals surface area contributed by atoms with Gasteiger partial charge >= 0.3 is 5.63 Å².